The van der Waals surface area contributed by atoms with Crippen LogP contribution in [0.1, 0.15) is 35.8 Å². The van der Waals surface area contributed by atoms with E-state index in [1.54, 1.807) is 12.1 Å². The predicted octanol–water partition coefficient (Wildman–Crippen LogP) is 2.53. The van der Waals surface area contributed by atoms with Gasteiger partial charge in [-0.25, -0.2) is 8.42 Å². The van der Waals surface area contributed by atoms with Gasteiger partial charge in [-0.15, -0.1) is 0 Å². The zero-order valence-electron chi connectivity index (χ0n) is 15.0. The summed E-state index contributed by atoms with van der Waals surface area (Å²) in [6, 6.07) is 15.3. The van der Waals surface area contributed by atoms with Crippen LogP contribution in [0.3, 0.4) is 0 Å². The van der Waals surface area contributed by atoms with Crippen LogP contribution in [0.2, 0.25) is 0 Å². The summed E-state index contributed by atoms with van der Waals surface area (Å²) in [5.41, 5.74) is 1.74. The summed E-state index contributed by atoms with van der Waals surface area (Å²) < 4.78 is 25.3. The van der Waals surface area contributed by atoms with E-state index < -0.39 is 15.9 Å². The summed E-state index contributed by atoms with van der Waals surface area (Å²) in [6.07, 6.45) is 1.04. The van der Waals surface area contributed by atoms with Gasteiger partial charge in [-0.05, 0) is 43.7 Å². The molecule has 138 valence electrons. The third-order valence-electron chi connectivity index (χ3n) is 3.93. The molecule has 2 aromatic rings. The van der Waals surface area contributed by atoms with Crippen molar-refractivity contribution in [1.82, 2.24) is 5.32 Å². The third-order valence-corrected chi connectivity index (χ3v) is 5.07. The molecule has 0 radical (unpaired) electrons. The van der Waals surface area contributed by atoms with Gasteiger partial charge < -0.3 is 5.32 Å². The lowest BCUT2D eigenvalue weighted by molar-refractivity contribution is -0.120. The van der Waals surface area contributed by atoms with Gasteiger partial charge in [-0.3, -0.25) is 13.9 Å². The van der Waals surface area contributed by atoms with E-state index in [1.165, 1.54) is 19.1 Å². The average Bonchev–Trinajstić information content (AvgIpc) is 2.59. The van der Waals surface area contributed by atoms with Crippen molar-refractivity contribution in [3.05, 3.63) is 65.7 Å². The number of ketones is 1. The molecular weight excluding hydrogens is 352 g/mol. The number of Topliss-reactive ketones (excluding diaryl/α,β-unsaturated/α-hetero) is 1. The lowest BCUT2D eigenvalue weighted by atomic mass is 10.1. The van der Waals surface area contributed by atoms with Gasteiger partial charge in [0.15, 0.2) is 5.78 Å². The Morgan fingerprint density at radius 3 is 2.12 bits per heavy atom. The highest BCUT2D eigenvalue weighted by atomic mass is 32.2. The number of hydrogen-bond acceptors (Lipinski definition) is 4. The molecule has 0 aliphatic heterocycles. The van der Waals surface area contributed by atoms with E-state index in [9.17, 15) is 18.0 Å². The van der Waals surface area contributed by atoms with Crippen molar-refractivity contribution < 1.29 is 18.0 Å². The number of benzene rings is 2. The Morgan fingerprint density at radius 2 is 1.62 bits per heavy atom. The quantitative estimate of drug-likeness (QED) is 0.755. The predicted molar refractivity (Wildman–Crippen MR) is 102 cm³/mol. The first-order valence-corrected chi connectivity index (χ1v) is 9.96. The number of rotatable bonds is 7. The monoisotopic (exact) mass is 374 g/mol. The second kappa shape index (κ2) is 8.14. The highest BCUT2D eigenvalue weighted by Gasteiger charge is 2.22. The standard InChI is InChI=1S/C19H22N2O4S/c1-14(16-7-5-4-6-8-16)20-19(23)13-21(26(3,24)25)18-11-9-17(10-12-18)15(2)22/h4-12,14H,13H2,1-3H3,(H,20,23). The maximum atomic E-state index is 12.4. The molecule has 2 aromatic carbocycles. The van der Waals surface area contributed by atoms with E-state index in [0.29, 0.717) is 11.3 Å². The Kier molecular flexibility index (Phi) is 6.15. The molecule has 0 heterocycles. The second-order valence-electron chi connectivity index (χ2n) is 6.07. The molecule has 1 amide bonds. The van der Waals surface area contributed by atoms with Crippen molar-refractivity contribution in [3.63, 3.8) is 0 Å². The Balaban J connectivity index is 2.15. The Morgan fingerprint density at radius 1 is 1.04 bits per heavy atom. The Bertz CT molecular complexity index is 878. The number of hydrogen-bond donors (Lipinski definition) is 1. The first kappa shape index (κ1) is 19.7. The topological polar surface area (TPSA) is 83.6 Å². The summed E-state index contributed by atoms with van der Waals surface area (Å²) in [6.45, 7) is 2.93. The van der Waals surface area contributed by atoms with E-state index in [4.69, 9.17) is 0 Å². The second-order valence-corrected chi connectivity index (χ2v) is 7.98. The van der Waals surface area contributed by atoms with Crippen molar-refractivity contribution in [2.45, 2.75) is 19.9 Å². The van der Waals surface area contributed by atoms with Gasteiger partial charge in [0.05, 0.1) is 18.0 Å². The zero-order chi connectivity index (χ0) is 19.3. The molecule has 6 nitrogen and oxygen atoms in total. The molecule has 2 rings (SSSR count). The fourth-order valence-electron chi connectivity index (χ4n) is 2.51. The molecule has 0 aliphatic carbocycles. The minimum Gasteiger partial charge on any atom is -0.348 e. The number of anilines is 1. The molecule has 0 fully saturated rings. The smallest absolute Gasteiger partial charge is 0.241 e. The highest BCUT2D eigenvalue weighted by Crippen LogP contribution is 2.19. The molecule has 0 spiro atoms. The van der Waals surface area contributed by atoms with Crippen molar-refractivity contribution in [2.75, 3.05) is 17.1 Å². The van der Waals surface area contributed by atoms with Crippen molar-refractivity contribution in [1.29, 1.82) is 0 Å². The lowest BCUT2D eigenvalue weighted by Crippen LogP contribution is -2.41. The summed E-state index contributed by atoms with van der Waals surface area (Å²) in [4.78, 5) is 23.7. The normalized spacial score (nSPS) is 12.3. The van der Waals surface area contributed by atoms with E-state index in [2.05, 4.69) is 5.32 Å². The molecular formula is C19H22N2O4S. The van der Waals surface area contributed by atoms with Gasteiger partial charge in [-0.1, -0.05) is 30.3 Å². The van der Waals surface area contributed by atoms with Crippen LogP contribution < -0.4 is 9.62 Å². The molecule has 0 aromatic heterocycles. The third kappa shape index (κ3) is 5.16. The van der Waals surface area contributed by atoms with E-state index in [-0.39, 0.29) is 18.4 Å². The largest absolute Gasteiger partial charge is 0.348 e. The molecule has 1 atom stereocenters. The number of sulfonamides is 1. The number of amides is 1. The van der Waals surface area contributed by atoms with Crippen LogP contribution in [0, 0.1) is 0 Å². The first-order valence-electron chi connectivity index (χ1n) is 8.11. The van der Waals surface area contributed by atoms with Gasteiger partial charge in [0.2, 0.25) is 15.9 Å². The molecule has 0 bridgehead atoms. The molecule has 0 saturated carbocycles. The van der Waals surface area contributed by atoms with Crippen molar-refractivity contribution in [3.8, 4) is 0 Å². The summed E-state index contributed by atoms with van der Waals surface area (Å²) in [5.74, 6) is -0.528. The van der Waals surface area contributed by atoms with Gasteiger partial charge in [-0.2, -0.15) is 0 Å². The van der Waals surface area contributed by atoms with Crippen molar-refractivity contribution >= 4 is 27.4 Å². The van der Waals surface area contributed by atoms with Crippen LogP contribution in [-0.2, 0) is 14.8 Å². The van der Waals surface area contributed by atoms with Crippen molar-refractivity contribution in [2.24, 2.45) is 0 Å². The maximum Gasteiger partial charge on any atom is 0.241 e. The van der Waals surface area contributed by atoms with Crippen LogP contribution in [0.4, 0.5) is 5.69 Å². The fraction of sp³-hybridized carbons (Fsp3) is 0.263. The van der Waals surface area contributed by atoms with Gasteiger partial charge in [0.1, 0.15) is 6.54 Å². The Labute approximate surface area is 153 Å². The summed E-state index contributed by atoms with van der Waals surface area (Å²) in [7, 11) is -3.66. The highest BCUT2D eigenvalue weighted by molar-refractivity contribution is 7.92. The van der Waals surface area contributed by atoms with E-state index in [0.717, 1.165) is 16.1 Å². The van der Waals surface area contributed by atoms with Crippen LogP contribution in [-0.4, -0.2) is 32.9 Å². The minimum atomic E-state index is -3.66. The van der Waals surface area contributed by atoms with Gasteiger partial charge in [0.25, 0.3) is 0 Å². The molecule has 7 heteroatoms. The fourth-order valence-corrected chi connectivity index (χ4v) is 3.36. The summed E-state index contributed by atoms with van der Waals surface area (Å²) in [5, 5.41) is 2.80. The zero-order valence-corrected chi connectivity index (χ0v) is 15.8. The van der Waals surface area contributed by atoms with Crippen LogP contribution in [0.15, 0.2) is 54.6 Å². The van der Waals surface area contributed by atoms with Gasteiger partial charge >= 0.3 is 0 Å². The molecule has 1 N–H and O–H groups in total. The Hall–Kier alpha value is -2.67. The average molecular weight is 374 g/mol. The molecule has 0 aliphatic rings. The van der Waals surface area contributed by atoms with Crippen LogP contribution >= 0.6 is 0 Å². The number of nitrogens with zero attached hydrogens (tertiary/aromatic N) is 1. The van der Waals surface area contributed by atoms with E-state index in [1.807, 2.05) is 37.3 Å². The number of nitrogens with one attached hydrogen (secondary N) is 1. The van der Waals surface area contributed by atoms with Gasteiger partial charge in [0, 0.05) is 5.56 Å². The lowest BCUT2D eigenvalue weighted by Gasteiger charge is -2.23. The maximum absolute atomic E-state index is 12.4. The molecule has 1 unspecified atom stereocenters. The first-order chi connectivity index (χ1) is 12.2. The number of carbonyl (C=O) groups excluding carboxylic acids is 2. The SMILES string of the molecule is CC(=O)c1ccc(N(CC(=O)NC(C)c2ccccc2)S(C)(=O)=O)cc1. The molecule has 26 heavy (non-hydrogen) atoms. The van der Waals surface area contributed by atoms with Crippen LogP contribution in [0.25, 0.3) is 0 Å². The molecule has 0 saturated heterocycles. The summed E-state index contributed by atoms with van der Waals surface area (Å²) >= 11 is 0. The minimum absolute atomic E-state index is 0.114. The van der Waals surface area contributed by atoms with E-state index >= 15 is 0 Å². The number of carbonyl (C=O) groups is 2. The van der Waals surface area contributed by atoms with Crippen LogP contribution in [0.5, 0.6) is 0 Å².